The molecule has 0 saturated carbocycles. The second-order valence-electron chi connectivity index (χ2n) is 5.33. The first-order valence-electron chi connectivity index (χ1n) is 6.89. The van der Waals surface area contributed by atoms with E-state index < -0.39 is 0 Å². The lowest BCUT2D eigenvalue weighted by Crippen LogP contribution is -3.17. The van der Waals surface area contributed by atoms with Crippen molar-refractivity contribution in [2.45, 2.75) is 19.9 Å². The van der Waals surface area contributed by atoms with Gasteiger partial charge < -0.3 is 14.5 Å². The molecule has 0 aliphatic carbocycles. The highest BCUT2D eigenvalue weighted by atomic mass is 16.5. The summed E-state index contributed by atoms with van der Waals surface area (Å²) in [7, 11) is 1.63. The van der Waals surface area contributed by atoms with Gasteiger partial charge in [0.2, 0.25) is 0 Å². The van der Waals surface area contributed by atoms with E-state index >= 15 is 0 Å². The predicted molar refractivity (Wildman–Crippen MR) is 74.7 cm³/mol. The number of carbonyl (C=O) groups excluding carboxylic acids is 1. The van der Waals surface area contributed by atoms with Crippen LogP contribution >= 0.6 is 0 Å². The van der Waals surface area contributed by atoms with Gasteiger partial charge in [0, 0.05) is 5.56 Å². The third-order valence-electron chi connectivity index (χ3n) is 3.85. The van der Waals surface area contributed by atoms with Crippen LogP contribution in [0.3, 0.4) is 0 Å². The summed E-state index contributed by atoms with van der Waals surface area (Å²) in [5.41, 5.74) is 0.744. The molecule has 1 N–H and O–H groups in total. The fraction of sp³-hybridized carbons (Fsp3) is 0.533. The zero-order chi connectivity index (χ0) is 13.8. The molecule has 1 saturated heterocycles. The summed E-state index contributed by atoms with van der Waals surface area (Å²) in [6.45, 7) is 8.24. The quantitative estimate of drug-likeness (QED) is 0.859. The Morgan fingerprint density at radius 3 is 2.26 bits per heavy atom. The summed E-state index contributed by atoms with van der Waals surface area (Å²) in [6, 6.07) is 7.98. The number of ether oxygens (including phenoxy) is 1. The third-order valence-corrected chi connectivity index (χ3v) is 3.85. The zero-order valence-electron chi connectivity index (χ0n) is 12.0. The number of nitrogens with zero attached hydrogens (tertiary/aromatic N) is 1. The van der Waals surface area contributed by atoms with Crippen LogP contribution in [0.1, 0.15) is 24.2 Å². The first-order valence-corrected chi connectivity index (χ1v) is 6.89. The molecule has 1 aromatic rings. The lowest BCUT2D eigenvalue weighted by molar-refractivity contribution is -0.925. The van der Waals surface area contributed by atoms with E-state index in [2.05, 4.69) is 13.8 Å². The highest BCUT2D eigenvalue weighted by molar-refractivity contribution is 5.94. The van der Waals surface area contributed by atoms with Crippen molar-refractivity contribution in [2.24, 2.45) is 0 Å². The van der Waals surface area contributed by atoms with E-state index in [0.29, 0.717) is 6.04 Å². The molecule has 0 unspecified atom stereocenters. The zero-order valence-corrected chi connectivity index (χ0v) is 12.0. The summed E-state index contributed by atoms with van der Waals surface area (Å²) in [4.78, 5) is 15.9. The van der Waals surface area contributed by atoms with Crippen molar-refractivity contribution in [1.29, 1.82) is 0 Å². The summed E-state index contributed by atoms with van der Waals surface area (Å²) in [6.07, 6.45) is 0. The van der Waals surface area contributed by atoms with Crippen LogP contribution in [0.25, 0.3) is 0 Å². The number of rotatable bonds is 3. The third kappa shape index (κ3) is 3.26. The Hall–Kier alpha value is -1.55. The van der Waals surface area contributed by atoms with Gasteiger partial charge in [-0.15, -0.1) is 0 Å². The Balaban J connectivity index is 1.97. The number of nitrogens with one attached hydrogen (secondary N) is 1. The molecule has 1 aliphatic rings. The number of methoxy groups -OCH3 is 1. The van der Waals surface area contributed by atoms with Gasteiger partial charge in [0.15, 0.2) is 0 Å². The van der Waals surface area contributed by atoms with Crippen molar-refractivity contribution < 1.29 is 14.4 Å². The molecule has 4 nitrogen and oxygen atoms in total. The molecule has 1 aromatic carbocycles. The van der Waals surface area contributed by atoms with Gasteiger partial charge in [-0.05, 0) is 38.1 Å². The van der Waals surface area contributed by atoms with E-state index in [-0.39, 0.29) is 5.91 Å². The fourth-order valence-electron chi connectivity index (χ4n) is 2.49. The second kappa shape index (κ2) is 6.06. The maximum Gasteiger partial charge on any atom is 0.254 e. The first-order chi connectivity index (χ1) is 9.11. The van der Waals surface area contributed by atoms with Crippen LogP contribution in [0.5, 0.6) is 5.75 Å². The molecule has 0 atom stereocenters. The van der Waals surface area contributed by atoms with E-state index in [9.17, 15) is 4.79 Å². The molecule has 0 spiro atoms. The number of hydrogen-bond acceptors (Lipinski definition) is 2. The molecule has 0 bridgehead atoms. The van der Waals surface area contributed by atoms with E-state index in [1.807, 2.05) is 29.2 Å². The molecular weight excluding hydrogens is 240 g/mol. The fourth-order valence-corrected chi connectivity index (χ4v) is 2.49. The molecule has 0 aromatic heterocycles. The Morgan fingerprint density at radius 1 is 1.21 bits per heavy atom. The standard InChI is InChI=1S/C15H22N2O2/c1-12(2)16-8-10-17(11-9-16)15(18)13-4-6-14(19-3)7-5-13/h4-7,12H,8-11H2,1-3H3/p+1. The number of piperazine rings is 1. The smallest absolute Gasteiger partial charge is 0.254 e. The van der Waals surface area contributed by atoms with Gasteiger partial charge in [-0.1, -0.05) is 0 Å². The van der Waals surface area contributed by atoms with E-state index in [1.165, 1.54) is 0 Å². The van der Waals surface area contributed by atoms with Crippen LogP contribution in [0.15, 0.2) is 24.3 Å². The average molecular weight is 263 g/mol. The summed E-state index contributed by atoms with van der Waals surface area (Å²) < 4.78 is 5.11. The van der Waals surface area contributed by atoms with Crippen LogP contribution in [-0.2, 0) is 0 Å². The largest absolute Gasteiger partial charge is 0.497 e. The first kappa shape index (κ1) is 13.9. The minimum atomic E-state index is 0.130. The molecular formula is C15H23N2O2+. The van der Waals surface area contributed by atoms with E-state index in [4.69, 9.17) is 4.74 Å². The van der Waals surface area contributed by atoms with Crippen LogP contribution in [0, 0.1) is 0 Å². The molecule has 2 rings (SSSR count). The maximum absolute atomic E-state index is 12.4. The van der Waals surface area contributed by atoms with Crippen LogP contribution in [0.2, 0.25) is 0 Å². The predicted octanol–water partition coefficient (Wildman–Crippen LogP) is 0.444. The Bertz CT molecular complexity index is 420. The maximum atomic E-state index is 12.4. The number of amides is 1. The van der Waals surface area contributed by atoms with Crippen molar-refractivity contribution in [3.63, 3.8) is 0 Å². The summed E-state index contributed by atoms with van der Waals surface area (Å²) in [5.74, 6) is 0.913. The molecule has 19 heavy (non-hydrogen) atoms. The van der Waals surface area contributed by atoms with E-state index in [1.54, 1.807) is 12.0 Å². The molecule has 1 heterocycles. The SMILES string of the molecule is COc1ccc(C(=O)N2CC[NH+](C(C)C)CC2)cc1. The van der Waals surface area contributed by atoms with Crippen molar-refractivity contribution >= 4 is 5.91 Å². The lowest BCUT2D eigenvalue weighted by atomic mass is 10.1. The summed E-state index contributed by atoms with van der Waals surface area (Å²) in [5, 5.41) is 0. The second-order valence-corrected chi connectivity index (χ2v) is 5.33. The Kier molecular flexibility index (Phi) is 4.43. The molecule has 1 fully saturated rings. The van der Waals surface area contributed by atoms with Gasteiger partial charge in [-0.25, -0.2) is 0 Å². The van der Waals surface area contributed by atoms with Crippen LogP contribution < -0.4 is 9.64 Å². The van der Waals surface area contributed by atoms with Crippen molar-refractivity contribution in [2.75, 3.05) is 33.3 Å². The monoisotopic (exact) mass is 263 g/mol. The van der Waals surface area contributed by atoms with Crippen molar-refractivity contribution in [3.05, 3.63) is 29.8 Å². The number of carbonyl (C=O) groups is 1. The molecule has 0 radical (unpaired) electrons. The van der Waals surface area contributed by atoms with Crippen molar-refractivity contribution in [3.8, 4) is 5.75 Å². The normalized spacial score (nSPS) is 16.7. The topological polar surface area (TPSA) is 34.0 Å². The van der Waals surface area contributed by atoms with E-state index in [0.717, 1.165) is 37.5 Å². The van der Waals surface area contributed by atoms with Gasteiger partial charge >= 0.3 is 0 Å². The number of hydrogen-bond donors (Lipinski definition) is 1. The average Bonchev–Trinajstić information content (AvgIpc) is 2.46. The molecule has 104 valence electrons. The Labute approximate surface area is 115 Å². The van der Waals surface area contributed by atoms with Gasteiger partial charge in [-0.2, -0.15) is 0 Å². The highest BCUT2D eigenvalue weighted by Crippen LogP contribution is 2.13. The summed E-state index contributed by atoms with van der Waals surface area (Å²) >= 11 is 0. The number of benzene rings is 1. The molecule has 1 aliphatic heterocycles. The lowest BCUT2D eigenvalue weighted by Gasteiger charge is -2.34. The minimum Gasteiger partial charge on any atom is -0.497 e. The number of quaternary nitrogens is 1. The van der Waals surface area contributed by atoms with Gasteiger partial charge in [-0.3, -0.25) is 4.79 Å². The van der Waals surface area contributed by atoms with Gasteiger partial charge in [0.25, 0.3) is 5.91 Å². The van der Waals surface area contributed by atoms with Crippen molar-refractivity contribution in [1.82, 2.24) is 4.90 Å². The molecule has 4 heteroatoms. The van der Waals surface area contributed by atoms with Crippen LogP contribution in [0.4, 0.5) is 0 Å². The minimum absolute atomic E-state index is 0.130. The van der Waals surface area contributed by atoms with Gasteiger partial charge in [0.05, 0.1) is 39.3 Å². The Morgan fingerprint density at radius 2 is 1.79 bits per heavy atom. The highest BCUT2D eigenvalue weighted by Gasteiger charge is 2.25. The van der Waals surface area contributed by atoms with Gasteiger partial charge in [0.1, 0.15) is 5.75 Å². The molecule has 1 amide bonds. The van der Waals surface area contributed by atoms with Crippen LogP contribution in [-0.4, -0.2) is 50.1 Å².